The molecule has 1 amide bonds. The van der Waals surface area contributed by atoms with E-state index >= 15 is 0 Å². The summed E-state index contributed by atoms with van der Waals surface area (Å²) in [5, 5.41) is 16.7. The van der Waals surface area contributed by atoms with Crippen molar-refractivity contribution in [3.63, 3.8) is 0 Å². The van der Waals surface area contributed by atoms with E-state index in [2.05, 4.69) is 15.6 Å². The third kappa shape index (κ3) is 3.91. The lowest BCUT2D eigenvalue weighted by Gasteiger charge is -2.24. The Morgan fingerprint density at radius 3 is 2.60 bits per heavy atom. The molecule has 0 atom stereocenters. The summed E-state index contributed by atoms with van der Waals surface area (Å²) in [4.78, 5) is 26.5. The van der Waals surface area contributed by atoms with Crippen LogP contribution in [0, 0.1) is 10.1 Å². The highest BCUT2D eigenvalue weighted by Gasteiger charge is 2.25. The van der Waals surface area contributed by atoms with Gasteiger partial charge in [-0.2, -0.15) is 0 Å². The van der Waals surface area contributed by atoms with Crippen LogP contribution in [-0.2, 0) is 0 Å². The Morgan fingerprint density at radius 1 is 1.45 bits per heavy atom. The average molecular weight is 280 g/mol. The van der Waals surface area contributed by atoms with Gasteiger partial charge < -0.3 is 10.6 Å². The van der Waals surface area contributed by atoms with Crippen molar-refractivity contribution in [1.82, 2.24) is 10.3 Å². The molecule has 1 aromatic rings. The van der Waals surface area contributed by atoms with Crippen LogP contribution < -0.4 is 10.6 Å². The molecule has 110 valence electrons. The number of rotatable bonds is 6. The standard InChI is InChI=1S/C13H20N4O3/c1-5-13(3,4)16-12(18)9-7-11(14-6-2)15-8-10(9)17(19)20/h7-8H,5-6H2,1-4H3,(H,14,15)(H,16,18). The van der Waals surface area contributed by atoms with Crippen LogP contribution in [0.5, 0.6) is 0 Å². The number of anilines is 1. The Bertz CT molecular complexity index is 514. The SMILES string of the molecule is CCNc1cc(C(=O)NC(C)(C)CC)c([N+](=O)[O-])cn1. The van der Waals surface area contributed by atoms with Crippen molar-refractivity contribution >= 4 is 17.4 Å². The van der Waals surface area contributed by atoms with E-state index in [1.54, 1.807) is 0 Å². The van der Waals surface area contributed by atoms with Crippen molar-refractivity contribution in [2.45, 2.75) is 39.7 Å². The second-order valence-electron chi connectivity index (χ2n) is 5.07. The number of nitro groups is 1. The van der Waals surface area contributed by atoms with E-state index in [0.717, 1.165) is 12.6 Å². The fraction of sp³-hybridized carbons (Fsp3) is 0.538. The van der Waals surface area contributed by atoms with Crippen molar-refractivity contribution in [2.24, 2.45) is 0 Å². The Kier molecular flexibility index (Phi) is 5.01. The zero-order chi connectivity index (χ0) is 15.3. The maximum absolute atomic E-state index is 12.2. The van der Waals surface area contributed by atoms with E-state index in [-0.39, 0.29) is 11.3 Å². The van der Waals surface area contributed by atoms with Gasteiger partial charge in [0.1, 0.15) is 17.6 Å². The molecule has 0 aliphatic heterocycles. The molecule has 0 bridgehead atoms. The quantitative estimate of drug-likeness (QED) is 0.615. The van der Waals surface area contributed by atoms with Gasteiger partial charge in [-0.05, 0) is 27.2 Å². The summed E-state index contributed by atoms with van der Waals surface area (Å²) < 4.78 is 0. The number of hydrogen-bond acceptors (Lipinski definition) is 5. The van der Waals surface area contributed by atoms with Crippen molar-refractivity contribution in [1.29, 1.82) is 0 Å². The topological polar surface area (TPSA) is 97.2 Å². The van der Waals surface area contributed by atoms with Crippen LogP contribution >= 0.6 is 0 Å². The van der Waals surface area contributed by atoms with Gasteiger partial charge in [0, 0.05) is 18.2 Å². The first kappa shape index (κ1) is 15.9. The maximum Gasteiger partial charge on any atom is 0.300 e. The number of pyridine rings is 1. The molecule has 0 saturated heterocycles. The second-order valence-corrected chi connectivity index (χ2v) is 5.07. The minimum atomic E-state index is -0.601. The summed E-state index contributed by atoms with van der Waals surface area (Å²) >= 11 is 0. The minimum Gasteiger partial charge on any atom is -0.370 e. The summed E-state index contributed by atoms with van der Waals surface area (Å²) in [5.41, 5.74) is -0.703. The average Bonchev–Trinajstić information content (AvgIpc) is 2.38. The predicted octanol–water partition coefficient (Wildman–Crippen LogP) is 2.34. The lowest BCUT2D eigenvalue weighted by atomic mass is 10.0. The van der Waals surface area contributed by atoms with Gasteiger partial charge in [-0.25, -0.2) is 4.98 Å². The zero-order valence-electron chi connectivity index (χ0n) is 12.2. The maximum atomic E-state index is 12.2. The van der Waals surface area contributed by atoms with Crippen molar-refractivity contribution in [3.05, 3.63) is 27.9 Å². The predicted molar refractivity (Wildman–Crippen MR) is 76.9 cm³/mol. The molecule has 0 aliphatic carbocycles. The number of carbonyl (C=O) groups is 1. The summed E-state index contributed by atoms with van der Waals surface area (Å²) in [6, 6.07) is 1.41. The lowest BCUT2D eigenvalue weighted by Crippen LogP contribution is -2.43. The van der Waals surface area contributed by atoms with E-state index in [1.807, 2.05) is 27.7 Å². The van der Waals surface area contributed by atoms with E-state index in [4.69, 9.17) is 0 Å². The van der Waals surface area contributed by atoms with Crippen LogP contribution in [0.4, 0.5) is 11.5 Å². The fourth-order valence-corrected chi connectivity index (χ4v) is 1.52. The lowest BCUT2D eigenvalue weighted by molar-refractivity contribution is -0.385. The number of aromatic nitrogens is 1. The molecule has 0 radical (unpaired) electrons. The molecular weight excluding hydrogens is 260 g/mol. The smallest absolute Gasteiger partial charge is 0.300 e. The molecule has 0 saturated carbocycles. The largest absolute Gasteiger partial charge is 0.370 e. The Hall–Kier alpha value is -2.18. The summed E-state index contributed by atoms with van der Waals surface area (Å²) in [6.45, 7) is 8.16. The first-order valence-electron chi connectivity index (χ1n) is 6.51. The molecular formula is C13H20N4O3. The molecule has 1 rings (SSSR count). The molecule has 2 N–H and O–H groups in total. The Labute approximate surface area is 117 Å². The number of nitrogens with zero attached hydrogens (tertiary/aromatic N) is 2. The Morgan fingerprint density at radius 2 is 2.10 bits per heavy atom. The Balaban J connectivity index is 3.15. The number of carbonyl (C=O) groups excluding carboxylic acids is 1. The molecule has 7 heteroatoms. The third-order valence-electron chi connectivity index (χ3n) is 3.02. The molecule has 1 aromatic heterocycles. The first-order valence-corrected chi connectivity index (χ1v) is 6.51. The minimum absolute atomic E-state index is 0.0162. The highest BCUT2D eigenvalue weighted by molar-refractivity contribution is 5.99. The number of nitrogens with one attached hydrogen (secondary N) is 2. The zero-order valence-corrected chi connectivity index (χ0v) is 12.2. The second kappa shape index (κ2) is 6.31. The molecule has 0 fully saturated rings. The molecule has 1 heterocycles. The normalized spacial score (nSPS) is 11.0. The van der Waals surface area contributed by atoms with Crippen molar-refractivity contribution in [2.75, 3.05) is 11.9 Å². The van der Waals surface area contributed by atoms with Gasteiger partial charge in [0.05, 0.1) is 4.92 Å². The van der Waals surface area contributed by atoms with Crippen molar-refractivity contribution in [3.8, 4) is 0 Å². The molecule has 0 spiro atoms. The summed E-state index contributed by atoms with van der Waals surface area (Å²) in [7, 11) is 0. The van der Waals surface area contributed by atoms with Crippen LogP contribution in [0.15, 0.2) is 12.3 Å². The summed E-state index contributed by atoms with van der Waals surface area (Å²) in [5.74, 6) is -0.0253. The van der Waals surface area contributed by atoms with E-state index in [1.165, 1.54) is 6.07 Å². The highest BCUT2D eigenvalue weighted by atomic mass is 16.6. The molecule has 20 heavy (non-hydrogen) atoms. The van der Waals surface area contributed by atoms with Gasteiger partial charge in [-0.3, -0.25) is 14.9 Å². The molecule has 0 unspecified atom stereocenters. The van der Waals surface area contributed by atoms with Crippen LogP contribution in [0.25, 0.3) is 0 Å². The monoisotopic (exact) mass is 280 g/mol. The number of amides is 1. The van der Waals surface area contributed by atoms with Gasteiger partial charge in [-0.1, -0.05) is 6.92 Å². The van der Waals surface area contributed by atoms with E-state index in [9.17, 15) is 14.9 Å². The van der Waals surface area contributed by atoms with Crippen molar-refractivity contribution < 1.29 is 9.72 Å². The highest BCUT2D eigenvalue weighted by Crippen LogP contribution is 2.21. The molecule has 0 aromatic carbocycles. The molecule has 0 aliphatic rings. The van der Waals surface area contributed by atoms with Crippen LogP contribution in [-0.4, -0.2) is 27.9 Å². The van der Waals surface area contributed by atoms with E-state index < -0.39 is 16.4 Å². The van der Waals surface area contributed by atoms with Gasteiger partial charge in [0.25, 0.3) is 11.6 Å². The first-order chi connectivity index (χ1) is 9.30. The van der Waals surface area contributed by atoms with Crippen LogP contribution in [0.3, 0.4) is 0 Å². The third-order valence-corrected chi connectivity index (χ3v) is 3.02. The fourth-order valence-electron chi connectivity index (χ4n) is 1.52. The van der Waals surface area contributed by atoms with Crippen LogP contribution in [0.1, 0.15) is 44.5 Å². The molecule has 7 nitrogen and oxygen atoms in total. The van der Waals surface area contributed by atoms with Gasteiger partial charge >= 0.3 is 0 Å². The van der Waals surface area contributed by atoms with Gasteiger partial charge in [0.2, 0.25) is 0 Å². The van der Waals surface area contributed by atoms with Gasteiger partial charge in [-0.15, -0.1) is 0 Å². The number of hydrogen-bond donors (Lipinski definition) is 2. The van der Waals surface area contributed by atoms with Gasteiger partial charge in [0.15, 0.2) is 0 Å². The van der Waals surface area contributed by atoms with E-state index in [0.29, 0.717) is 12.4 Å². The van der Waals surface area contributed by atoms with Crippen LogP contribution in [0.2, 0.25) is 0 Å². The summed E-state index contributed by atoms with van der Waals surface area (Å²) in [6.07, 6.45) is 1.82.